The van der Waals surface area contributed by atoms with E-state index in [0.717, 1.165) is 24.2 Å². The van der Waals surface area contributed by atoms with Gasteiger partial charge in [0.1, 0.15) is 5.75 Å². The maximum absolute atomic E-state index is 8.87. The van der Waals surface area contributed by atoms with Crippen molar-refractivity contribution in [2.45, 2.75) is 12.8 Å². The summed E-state index contributed by atoms with van der Waals surface area (Å²) in [6, 6.07) is 12.5. The van der Waals surface area contributed by atoms with Gasteiger partial charge in [0, 0.05) is 11.6 Å². The topological polar surface area (TPSA) is 33.0 Å². The van der Waals surface area contributed by atoms with Crippen molar-refractivity contribution in [3.05, 3.63) is 47.5 Å². The number of hydrogen-bond acceptors (Lipinski definition) is 2. The van der Waals surface area contributed by atoms with Gasteiger partial charge >= 0.3 is 0 Å². The van der Waals surface area contributed by atoms with Gasteiger partial charge in [-0.25, -0.2) is 0 Å². The number of rotatable bonds is 1. The van der Waals surface area contributed by atoms with Gasteiger partial charge in [0.05, 0.1) is 13.2 Å². The van der Waals surface area contributed by atoms with Crippen LogP contribution in [0.1, 0.15) is 17.5 Å². The molecule has 0 saturated carbocycles. The van der Waals surface area contributed by atoms with Gasteiger partial charge < -0.3 is 4.74 Å². The van der Waals surface area contributed by atoms with E-state index < -0.39 is 0 Å². The number of hydrogen-bond donors (Lipinski definition) is 0. The first kappa shape index (κ1) is 10.9. The Hall–Kier alpha value is -2.27. The van der Waals surface area contributed by atoms with E-state index in [2.05, 4.69) is 24.3 Å². The van der Waals surface area contributed by atoms with Crippen LogP contribution in [0.25, 0.3) is 16.3 Å². The van der Waals surface area contributed by atoms with Gasteiger partial charge in [0.25, 0.3) is 0 Å². The molecule has 2 heteroatoms. The third-order valence-corrected chi connectivity index (χ3v) is 3.56. The molecule has 0 radical (unpaired) electrons. The Balaban J connectivity index is 2.40. The first-order valence-corrected chi connectivity index (χ1v) is 6.03. The molecule has 0 N–H and O–H groups in total. The van der Waals surface area contributed by atoms with Crippen molar-refractivity contribution in [3.8, 4) is 11.8 Å². The lowest BCUT2D eigenvalue weighted by atomic mass is 9.84. The standard InChI is InChI=1S/C16H13NO/c1-18-15-8-6-12-3-2-4-13-11(9-10-17)5-7-14(15)16(12)13/h2-4,6,8-9H,5,7H2,1H3. The fourth-order valence-corrected chi connectivity index (χ4v) is 2.76. The Kier molecular flexibility index (Phi) is 2.53. The first-order chi connectivity index (χ1) is 8.85. The molecule has 0 fully saturated rings. The average molecular weight is 235 g/mol. The van der Waals surface area contributed by atoms with Crippen LogP contribution in [0.5, 0.6) is 5.75 Å². The van der Waals surface area contributed by atoms with Crippen LogP contribution in [0.2, 0.25) is 0 Å². The maximum atomic E-state index is 8.87. The second-order valence-electron chi connectivity index (χ2n) is 4.45. The lowest BCUT2D eigenvalue weighted by Crippen LogP contribution is -2.03. The van der Waals surface area contributed by atoms with Crippen LogP contribution in [0.15, 0.2) is 36.4 Å². The zero-order chi connectivity index (χ0) is 12.5. The maximum Gasteiger partial charge on any atom is 0.122 e. The molecule has 18 heavy (non-hydrogen) atoms. The number of nitrogens with zero attached hydrogens (tertiary/aromatic N) is 1. The predicted molar refractivity (Wildman–Crippen MR) is 72.4 cm³/mol. The van der Waals surface area contributed by atoms with Crippen molar-refractivity contribution >= 4 is 16.3 Å². The van der Waals surface area contributed by atoms with E-state index >= 15 is 0 Å². The molecule has 2 aromatic carbocycles. The molecule has 0 spiro atoms. The van der Waals surface area contributed by atoms with Crippen molar-refractivity contribution in [1.29, 1.82) is 5.26 Å². The average Bonchev–Trinajstić information content (AvgIpc) is 2.42. The summed E-state index contributed by atoms with van der Waals surface area (Å²) in [5.74, 6) is 0.950. The Morgan fingerprint density at radius 1 is 1.22 bits per heavy atom. The minimum atomic E-state index is 0.903. The molecule has 0 aromatic heterocycles. The van der Waals surface area contributed by atoms with E-state index in [1.807, 2.05) is 12.1 Å². The summed E-state index contributed by atoms with van der Waals surface area (Å²) < 4.78 is 5.44. The normalized spacial score (nSPS) is 15.7. The van der Waals surface area contributed by atoms with Crippen LogP contribution >= 0.6 is 0 Å². The number of methoxy groups -OCH3 is 1. The number of ether oxygens (including phenoxy) is 1. The Morgan fingerprint density at radius 3 is 2.89 bits per heavy atom. The van der Waals surface area contributed by atoms with Crippen LogP contribution in [0.4, 0.5) is 0 Å². The van der Waals surface area contributed by atoms with Crippen molar-refractivity contribution in [3.63, 3.8) is 0 Å². The van der Waals surface area contributed by atoms with Gasteiger partial charge in [0.2, 0.25) is 0 Å². The van der Waals surface area contributed by atoms with Crippen LogP contribution in [-0.4, -0.2) is 7.11 Å². The summed E-state index contributed by atoms with van der Waals surface area (Å²) in [6.45, 7) is 0. The second kappa shape index (κ2) is 4.19. The molecule has 2 aromatic rings. The number of nitriles is 1. The van der Waals surface area contributed by atoms with Crippen LogP contribution < -0.4 is 4.74 Å². The third kappa shape index (κ3) is 1.48. The summed E-state index contributed by atoms with van der Waals surface area (Å²) in [4.78, 5) is 0. The lowest BCUT2D eigenvalue weighted by Gasteiger charge is -2.21. The summed E-state index contributed by atoms with van der Waals surface area (Å²) in [6.07, 6.45) is 3.50. The van der Waals surface area contributed by atoms with Gasteiger partial charge in [-0.05, 0) is 40.8 Å². The van der Waals surface area contributed by atoms with Crippen molar-refractivity contribution < 1.29 is 4.74 Å². The summed E-state index contributed by atoms with van der Waals surface area (Å²) in [5, 5.41) is 11.3. The lowest BCUT2D eigenvalue weighted by molar-refractivity contribution is 0.410. The molecule has 3 rings (SSSR count). The fraction of sp³-hybridized carbons (Fsp3) is 0.188. The van der Waals surface area contributed by atoms with Gasteiger partial charge in [-0.15, -0.1) is 0 Å². The zero-order valence-corrected chi connectivity index (χ0v) is 10.2. The van der Waals surface area contributed by atoms with Crippen LogP contribution in [0, 0.1) is 11.3 Å². The molecule has 88 valence electrons. The molecule has 0 unspecified atom stereocenters. The predicted octanol–water partition coefficient (Wildman–Crippen LogP) is 3.70. The Labute approximate surface area is 106 Å². The second-order valence-corrected chi connectivity index (χ2v) is 4.45. The third-order valence-electron chi connectivity index (χ3n) is 3.56. The van der Waals surface area contributed by atoms with Crippen molar-refractivity contribution in [2.75, 3.05) is 7.11 Å². The monoisotopic (exact) mass is 235 g/mol. The van der Waals surface area contributed by atoms with Crippen LogP contribution in [-0.2, 0) is 6.42 Å². The molecular weight excluding hydrogens is 222 g/mol. The molecule has 0 saturated heterocycles. The minimum Gasteiger partial charge on any atom is -0.496 e. The highest BCUT2D eigenvalue weighted by atomic mass is 16.5. The summed E-state index contributed by atoms with van der Waals surface area (Å²) >= 11 is 0. The molecule has 1 aliphatic carbocycles. The van der Waals surface area contributed by atoms with E-state index in [0.29, 0.717) is 0 Å². The van der Waals surface area contributed by atoms with Crippen molar-refractivity contribution in [1.82, 2.24) is 0 Å². The van der Waals surface area contributed by atoms with E-state index in [-0.39, 0.29) is 0 Å². The number of allylic oxidation sites excluding steroid dienone is 2. The van der Waals surface area contributed by atoms with Crippen LogP contribution in [0.3, 0.4) is 0 Å². The smallest absolute Gasteiger partial charge is 0.122 e. The molecule has 1 aliphatic rings. The SMILES string of the molecule is COc1ccc2cccc3c2c1CCC3=CC#N. The molecule has 0 amide bonds. The van der Waals surface area contributed by atoms with Gasteiger partial charge in [-0.2, -0.15) is 5.26 Å². The molecule has 0 bridgehead atoms. The van der Waals surface area contributed by atoms with Gasteiger partial charge in [-0.1, -0.05) is 24.3 Å². The molecule has 0 aliphatic heterocycles. The molecule has 2 nitrogen and oxygen atoms in total. The zero-order valence-electron chi connectivity index (χ0n) is 10.2. The minimum absolute atomic E-state index is 0.903. The van der Waals surface area contributed by atoms with E-state index in [9.17, 15) is 0 Å². The van der Waals surface area contributed by atoms with Gasteiger partial charge in [0.15, 0.2) is 0 Å². The van der Waals surface area contributed by atoms with E-state index in [4.69, 9.17) is 10.00 Å². The number of aryl methyl sites for hydroxylation is 1. The Bertz CT molecular complexity index is 692. The summed E-state index contributed by atoms with van der Waals surface area (Å²) in [5.41, 5.74) is 3.57. The molecular formula is C16H13NO. The highest BCUT2D eigenvalue weighted by molar-refractivity contribution is 5.99. The summed E-state index contributed by atoms with van der Waals surface area (Å²) in [7, 11) is 1.71. The fourth-order valence-electron chi connectivity index (χ4n) is 2.76. The highest BCUT2D eigenvalue weighted by Crippen LogP contribution is 2.40. The largest absolute Gasteiger partial charge is 0.496 e. The quantitative estimate of drug-likeness (QED) is 0.706. The molecule has 0 atom stereocenters. The number of benzene rings is 2. The highest BCUT2D eigenvalue weighted by Gasteiger charge is 2.19. The van der Waals surface area contributed by atoms with E-state index in [1.54, 1.807) is 13.2 Å². The van der Waals surface area contributed by atoms with Crippen molar-refractivity contribution in [2.24, 2.45) is 0 Å². The first-order valence-electron chi connectivity index (χ1n) is 6.03. The molecule has 0 heterocycles. The Morgan fingerprint density at radius 2 is 2.11 bits per heavy atom. The van der Waals surface area contributed by atoms with Gasteiger partial charge in [-0.3, -0.25) is 0 Å². The van der Waals surface area contributed by atoms with E-state index in [1.165, 1.54) is 21.9 Å².